The van der Waals surface area contributed by atoms with Crippen LogP contribution in [0.4, 0.5) is 0 Å². The Morgan fingerprint density at radius 1 is 1.14 bits per heavy atom. The van der Waals surface area contributed by atoms with Crippen molar-refractivity contribution in [2.45, 2.75) is 38.3 Å². The first-order valence-electron chi connectivity index (χ1n) is 10.4. The largest absolute Gasteiger partial charge is 0.350 e. The topological polar surface area (TPSA) is 59.4 Å². The Hall–Kier alpha value is -2.66. The highest BCUT2D eigenvalue weighted by Crippen LogP contribution is 2.33. The second-order valence-electron chi connectivity index (χ2n) is 8.66. The highest BCUT2D eigenvalue weighted by atomic mass is 16.2. The molecule has 2 aliphatic heterocycles. The van der Waals surface area contributed by atoms with Gasteiger partial charge in [-0.25, -0.2) is 0 Å². The third-order valence-corrected chi connectivity index (χ3v) is 6.48. The Labute approximate surface area is 173 Å². The number of piperidine rings is 1. The number of benzene rings is 2. The first-order valence-corrected chi connectivity index (χ1v) is 10.4. The van der Waals surface area contributed by atoms with E-state index in [4.69, 9.17) is 5.41 Å². The van der Waals surface area contributed by atoms with E-state index in [2.05, 4.69) is 65.7 Å². The summed E-state index contributed by atoms with van der Waals surface area (Å²) in [5.41, 5.74) is 3.47. The van der Waals surface area contributed by atoms with Gasteiger partial charge in [-0.3, -0.25) is 20.0 Å². The maximum Gasteiger partial charge on any atom is 0.231 e. The summed E-state index contributed by atoms with van der Waals surface area (Å²) in [5.74, 6) is 0.604. The summed E-state index contributed by atoms with van der Waals surface area (Å²) in [4.78, 5) is 16.3. The summed E-state index contributed by atoms with van der Waals surface area (Å²) < 4.78 is 0. The third-order valence-electron chi connectivity index (χ3n) is 6.48. The minimum absolute atomic E-state index is 0.0314. The summed E-state index contributed by atoms with van der Waals surface area (Å²) in [6, 6.07) is 19.3. The van der Waals surface area contributed by atoms with Gasteiger partial charge in [0, 0.05) is 20.1 Å². The molecule has 1 unspecified atom stereocenters. The van der Waals surface area contributed by atoms with Gasteiger partial charge in [-0.1, -0.05) is 48.5 Å². The van der Waals surface area contributed by atoms with Crippen molar-refractivity contribution in [3.8, 4) is 11.1 Å². The van der Waals surface area contributed by atoms with Crippen molar-refractivity contribution in [1.82, 2.24) is 15.1 Å². The Bertz CT molecular complexity index is 877. The van der Waals surface area contributed by atoms with Crippen LogP contribution in [-0.4, -0.2) is 47.3 Å². The predicted molar refractivity (Wildman–Crippen MR) is 117 cm³/mol. The molecule has 0 saturated carbocycles. The zero-order valence-electron chi connectivity index (χ0n) is 17.3. The number of guanidine groups is 1. The van der Waals surface area contributed by atoms with E-state index in [1.54, 1.807) is 7.05 Å². The Morgan fingerprint density at radius 3 is 2.66 bits per heavy atom. The van der Waals surface area contributed by atoms with Crippen LogP contribution in [0.2, 0.25) is 0 Å². The second-order valence-corrected chi connectivity index (χ2v) is 8.66. The van der Waals surface area contributed by atoms with Gasteiger partial charge in [-0.2, -0.15) is 0 Å². The fourth-order valence-electron chi connectivity index (χ4n) is 4.66. The molecule has 0 bridgehead atoms. The number of carbonyl (C=O) groups excluding carboxylic acids is 1. The Balaban J connectivity index is 1.46. The smallest absolute Gasteiger partial charge is 0.231 e. The van der Waals surface area contributed by atoms with Gasteiger partial charge in [0.25, 0.3) is 0 Å². The van der Waals surface area contributed by atoms with Crippen LogP contribution < -0.4 is 5.32 Å². The van der Waals surface area contributed by atoms with E-state index in [0.29, 0.717) is 12.3 Å². The molecule has 29 heavy (non-hydrogen) atoms. The van der Waals surface area contributed by atoms with E-state index < -0.39 is 0 Å². The maximum absolute atomic E-state index is 12.3. The minimum atomic E-state index is -0.342. The van der Waals surface area contributed by atoms with Crippen molar-refractivity contribution in [1.29, 1.82) is 5.41 Å². The number of likely N-dealkylation sites (tertiary alicyclic amines) is 1. The summed E-state index contributed by atoms with van der Waals surface area (Å²) in [7, 11) is 1.67. The fourth-order valence-corrected chi connectivity index (χ4v) is 4.66. The molecule has 2 fully saturated rings. The molecule has 2 aromatic carbocycles. The van der Waals surface area contributed by atoms with Gasteiger partial charge in [0.2, 0.25) is 5.91 Å². The lowest BCUT2D eigenvalue weighted by atomic mass is 9.76. The Morgan fingerprint density at radius 2 is 1.90 bits per heavy atom. The zero-order valence-corrected chi connectivity index (χ0v) is 17.3. The van der Waals surface area contributed by atoms with Crippen LogP contribution in [0.5, 0.6) is 0 Å². The van der Waals surface area contributed by atoms with Crippen LogP contribution in [-0.2, 0) is 11.3 Å². The second kappa shape index (κ2) is 7.99. The molecule has 5 nitrogen and oxygen atoms in total. The van der Waals surface area contributed by atoms with Crippen molar-refractivity contribution >= 4 is 11.9 Å². The molecule has 0 aliphatic carbocycles. The van der Waals surface area contributed by atoms with Crippen LogP contribution in [0.3, 0.4) is 0 Å². The number of carbonyl (C=O) groups is 1. The van der Waals surface area contributed by atoms with E-state index in [9.17, 15) is 4.79 Å². The van der Waals surface area contributed by atoms with Crippen LogP contribution in [0.15, 0.2) is 54.6 Å². The number of hydrogen-bond acceptors (Lipinski definition) is 3. The van der Waals surface area contributed by atoms with E-state index in [1.165, 1.54) is 21.6 Å². The summed E-state index contributed by atoms with van der Waals surface area (Å²) >= 11 is 0. The molecular formula is C24H30N4O. The van der Waals surface area contributed by atoms with Crippen molar-refractivity contribution in [3.05, 3.63) is 60.2 Å². The van der Waals surface area contributed by atoms with Gasteiger partial charge < -0.3 is 5.32 Å². The molecule has 1 amide bonds. The summed E-state index contributed by atoms with van der Waals surface area (Å²) in [6.45, 7) is 5.05. The minimum Gasteiger partial charge on any atom is -0.350 e. The van der Waals surface area contributed by atoms with E-state index in [-0.39, 0.29) is 17.4 Å². The third kappa shape index (κ3) is 4.20. The lowest BCUT2D eigenvalue weighted by Crippen LogP contribution is -2.64. The summed E-state index contributed by atoms with van der Waals surface area (Å²) in [6.07, 6.45) is 2.67. The molecule has 2 heterocycles. The first-order chi connectivity index (χ1) is 13.9. The van der Waals surface area contributed by atoms with Crippen molar-refractivity contribution < 1.29 is 4.79 Å². The van der Waals surface area contributed by atoms with Gasteiger partial charge in [-0.15, -0.1) is 0 Å². The molecule has 2 saturated heterocycles. The van der Waals surface area contributed by atoms with Gasteiger partial charge in [-0.05, 0) is 55.0 Å². The van der Waals surface area contributed by atoms with Crippen molar-refractivity contribution in [3.63, 3.8) is 0 Å². The molecule has 2 atom stereocenters. The van der Waals surface area contributed by atoms with Gasteiger partial charge in [0.05, 0.1) is 12.0 Å². The predicted octanol–water partition coefficient (Wildman–Crippen LogP) is 3.71. The highest BCUT2D eigenvalue weighted by molar-refractivity contribution is 5.98. The van der Waals surface area contributed by atoms with Crippen LogP contribution in [0.25, 0.3) is 11.1 Å². The molecule has 0 radical (unpaired) electrons. The van der Waals surface area contributed by atoms with Gasteiger partial charge >= 0.3 is 0 Å². The fraction of sp³-hybridized carbons (Fsp3) is 0.417. The normalized spacial score (nSPS) is 25.7. The quantitative estimate of drug-likeness (QED) is 0.837. The molecule has 4 rings (SSSR count). The Kier molecular flexibility index (Phi) is 5.41. The molecule has 2 aliphatic rings. The average Bonchev–Trinajstić information content (AvgIpc) is 2.73. The molecule has 0 aromatic heterocycles. The van der Waals surface area contributed by atoms with E-state index in [0.717, 1.165) is 32.5 Å². The molecule has 5 heteroatoms. The van der Waals surface area contributed by atoms with Gasteiger partial charge in [0.1, 0.15) is 0 Å². The number of nitrogens with zero attached hydrogens (tertiary/aromatic N) is 2. The monoisotopic (exact) mass is 390 g/mol. The maximum atomic E-state index is 12.3. The lowest BCUT2D eigenvalue weighted by molar-refractivity contribution is -0.130. The van der Waals surface area contributed by atoms with E-state index >= 15 is 0 Å². The number of hydrogen-bond donors (Lipinski definition) is 2. The number of amides is 1. The van der Waals surface area contributed by atoms with Crippen LogP contribution >= 0.6 is 0 Å². The zero-order chi connectivity index (χ0) is 20.4. The van der Waals surface area contributed by atoms with E-state index in [1.807, 2.05) is 6.07 Å². The molecule has 2 N–H and O–H groups in total. The number of nitrogens with one attached hydrogen (secondary N) is 2. The van der Waals surface area contributed by atoms with Crippen LogP contribution in [0, 0.1) is 11.3 Å². The first kappa shape index (κ1) is 19.6. The standard InChI is InChI=1S/C24H30N4O/c1-24(15-22(29)27(2)23(25)26-24)21-12-7-13-28(17-21)16-18-8-6-11-20(14-18)19-9-4-3-5-10-19/h3-6,8-11,14,21H,7,12-13,15-17H2,1-2H3,(H2,25,26)/t21?,24-/m0/s1. The molecule has 152 valence electrons. The van der Waals surface area contributed by atoms with Crippen molar-refractivity contribution in [2.75, 3.05) is 20.1 Å². The lowest BCUT2D eigenvalue weighted by Gasteiger charge is -2.47. The average molecular weight is 391 g/mol. The molecular weight excluding hydrogens is 360 g/mol. The van der Waals surface area contributed by atoms with Gasteiger partial charge in [0.15, 0.2) is 5.96 Å². The molecule has 2 aromatic rings. The van der Waals surface area contributed by atoms with Crippen LogP contribution in [0.1, 0.15) is 31.7 Å². The summed E-state index contributed by atoms with van der Waals surface area (Å²) in [5, 5.41) is 11.4. The SMILES string of the molecule is CN1C(=N)N[C@](C)(C2CCCN(Cc3cccc(-c4ccccc4)c3)C2)CC1=O. The van der Waals surface area contributed by atoms with Crippen molar-refractivity contribution in [2.24, 2.45) is 5.92 Å². The molecule has 0 spiro atoms. The highest BCUT2D eigenvalue weighted by Gasteiger charge is 2.43. The number of rotatable bonds is 4.